The number of halogens is 4. The molecule has 152 valence electrons. The van der Waals surface area contributed by atoms with Crippen LogP contribution in [0, 0.1) is 5.82 Å². The largest absolute Gasteiger partial charge is 0.418 e. The first-order valence-corrected chi connectivity index (χ1v) is 9.07. The highest BCUT2D eigenvalue weighted by Crippen LogP contribution is 2.29. The van der Waals surface area contributed by atoms with Crippen molar-refractivity contribution in [3.8, 4) is 0 Å². The number of benzene rings is 1. The number of amides is 1. The lowest BCUT2D eigenvalue weighted by Gasteiger charge is -2.26. The molecule has 1 heterocycles. The standard InChI is InChI=1S/C16H15F4N3O4S/c1-15(25,16(18,19)20)8-23-14(24)13-12(21)6-11(7-22-13)28(26,27)10-4-2-9(17)3-5-10/h2-7,25H,8,21H2,1H3,(H,23,24). The third kappa shape index (κ3) is 4.39. The van der Waals surface area contributed by atoms with Gasteiger partial charge in [0.15, 0.2) is 11.3 Å². The van der Waals surface area contributed by atoms with Crippen LogP contribution in [0.25, 0.3) is 0 Å². The minimum absolute atomic E-state index is 0.242. The smallest absolute Gasteiger partial charge is 0.397 e. The average Bonchev–Trinajstić information content (AvgIpc) is 2.59. The molecule has 4 N–H and O–H groups in total. The van der Waals surface area contributed by atoms with Gasteiger partial charge >= 0.3 is 6.18 Å². The molecule has 1 atom stereocenters. The normalized spacial score (nSPS) is 14.4. The second kappa shape index (κ2) is 7.36. The number of hydrogen-bond donors (Lipinski definition) is 3. The minimum Gasteiger partial charge on any atom is -0.397 e. The number of aliphatic hydroxyl groups is 1. The molecule has 1 aromatic carbocycles. The number of pyridine rings is 1. The van der Waals surface area contributed by atoms with Gasteiger partial charge in [0.25, 0.3) is 5.91 Å². The lowest BCUT2D eigenvalue weighted by Crippen LogP contribution is -2.51. The Morgan fingerprint density at radius 3 is 2.29 bits per heavy atom. The summed E-state index contributed by atoms with van der Waals surface area (Å²) < 4.78 is 75.7. The van der Waals surface area contributed by atoms with Crippen molar-refractivity contribution in [2.75, 3.05) is 12.3 Å². The van der Waals surface area contributed by atoms with Crippen LogP contribution >= 0.6 is 0 Å². The van der Waals surface area contributed by atoms with Gasteiger partial charge in [-0.15, -0.1) is 0 Å². The van der Waals surface area contributed by atoms with Gasteiger partial charge in [-0.05, 0) is 37.3 Å². The molecule has 1 aromatic heterocycles. The molecule has 0 saturated carbocycles. The Hall–Kier alpha value is -2.73. The summed E-state index contributed by atoms with van der Waals surface area (Å²) in [4.78, 5) is 14.9. The fourth-order valence-corrected chi connectivity index (χ4v) is 3.22. The molecular formula is C16H15F4N3O4S. The Balaban J connectivity index is 2.24. The Morgan fingerprint density at radius 2 is 1.79 bits per heavy atom. The van der Waals surface area contributed by atoms with E-state index in [4.69, 9.17) is 5.73 Å². The number of nitrogens with two attached hydrogens (primary N) is 1. The van der Waals surface area contributed by atoms with Gasteiger partial charge in [0.1, 0.15) is 5.82 Å². The van der Waals surface area contributed by atoms with Crippen molar-refractivity contribution in [1.82, 2.24) is 10.3 Å². The molecule has 0 radical (unpaired) electrons. The SMILES string of the molecule is CC(O)(CNC(=O)c1ncc(S(=O)(=O)c2ccc(F)cc2)cc1N)C(F)(F)F. The summed E-state index contributed by atoms with van der Waals surface area (Å²) in [6.07, 6.45) is -4.18. The van der Waals surface area contributed by atoms with E-state index in [2.05, 4.69) is 4.98 Å². The van der Waals surface area contributed by atoms with Crippen LogP contribution in [0.4, 0.5) is 23.2 Å². The van der Waals surface area contributed by atoms with Crippen LogP contribution in [0.15, 0.2) is 46.3 Å². The van der Waals surface area contributed by atoms with E-state index >= 15 is 0 Å². The van der Waals surface area contributed by atoms with E-state index in [9.17, 15) is 35.9 Å². The van der Waals surface area contributed by atoms with Gasteiger partial charge in [0, 0.05) is 6.20 Å². The first-order chi connectivity index (χ1) is 12.8. The second-order valence-electron chi connectivity index (χ2n) is 6.02. The van der Waals surface area contributed by atoms with Crippen molar-refractivity contribution in [3.63, 3.8) is 0 Å². The summed E-state index contributed by atoms with van der Waals surface area (Å²) in [5, 5.41) is 11.2. The maximum atomic E-state index is 13.0. The van der Waals surface area contributed by atoms with Crippen LogP contribution in [0.3, 0.4) is 0 Å². The first-order valence-electron chi connectivity index (χ1n) is 7.59. The predicted molar refractivity (Wildman–Crippen MR) is 89.5 cm³/mol. The van der Waals surface area contributed by atoms with E-state index in [1.807, 2.05) is 5.32 Å². The molecule has 0 spiro atoms. The van der Waals surface area contributed by atoms with E-state index in [1.165, 1.54) is 0 Å². The number of carbonyl (C=O) groups is 1. The van der Waals surface area contributed by atoms with Gasteiger partial charge in [-0.1, -0.05) is 0 Å². The van der Waals surface area contributed by atoms with Crippen LogP contribution in [-0.2, 0) is 9.84 Å². The average molecular weight is 421 g/mol. The van der Waals surface area contributed by atoms with Gasteiger partial charge in [-0.2, -0.15) is 13.2 Å². The summed E-state index contributed by atoms with van der Waals surface area (Å²) >= 11 is 0. The zero-order valence-electron chi connectivity index (χ0n) is 14.3. The molecule has 0 aliphatic rings. The van der Waals surface area contributed by atoms with E-state index < -0.39 is 56.2 Å². The molecule has 2 aromatic rings. The molecule has 1 unspecified atom stereocenters. The third-order valence-corrected chi connectivity index (χ3v) is 5.48. The van der Waals surface area contributed by atoms with Gasteiger partial charge < -0.3 is 16.2 Å². The number of nitrogen functional groups attached to an aromatic ring is 1. The van der Waals surface area contributed by atoms with Crippen molar-refractivity contribution < 1.29 is 35.9 Å². The van der Waals surface area contributed by atoms with E-state index in [-0.39, 0.29) is 4.90 Å². The van der Waals surface area contributed by atoms with Crippen molar-refractivity contribution in [3.05, 3.63) is 48.0 Å². The third-order valence-electron chi connectivity index (χ3n) is 3.75. The molecule has 0 aliphatic carbocycles. The minimum atomic E-state index is -4.98. The van der Waals surface area contributed by atoms with Crippen molar-refractivity contribution in [2.45, 2.75) is 28.5 Å². The lowest BCUT2D eigenvalue weighted by molar-refractivity contribution is -0.249. The molecule has 7 nitrogen and oxygen atoms in total. The molecule has 0 bridgehead atoms. The van der Waals surface area contributed by atoms with E-state index in [1.54, 1.807) is 0 Å². The number of nitrogens with zero attached hydrogens (tertiary/aromatic N) is 1. The Bertz CT molecular complexity index is 990. The fourth-order valence-electron chi connectivity index (χ4n) is 1.98. The summed E-state index contributed by atoms with van der Waals surface area (Å²) in [6.45, 7) is -0.686. The van der Waals surface area contributed by atoms with Gasteiger partial charge in [-0.3, -0.25) is 4.79 Å². The molecule has 0 aliphatic heterocycles. The molecule has 1 amide bonds. The van der Waals surface area contributed by atoms with Crippen molar-refractivity contribution >= 4 is 21.4 Å². The Morgan fingerprint density at radius 1 is 1.21 bits per heavy atom. The maximum absolute atomic E-state index is 13.0. The topological polar surface area (TPSA) is 122 Å². The molecule has 28 heavy (non-hydrogen) atoms. The first kappa shape index (κ1) is 21.6. The lowest BCUT2D eigenvalue weighted by atomic mass is 10.1. The highest BCUT2D eigenvalue weighted by Gasteiger charge is 2.50. The van der Waals surface area contributed by atoms with Crippen LogP contribution in [0.1, 0.15) is 17.4 Å². The predicted octanol–water partition coefficient (Wildman–Crippen LogP) is 1.68. The van der Waals surface area contributed by atoms with Crippen LogP contribution in [-0.4, -0.2) is 42.7 Å². The number of anilines is 1. The monoisotopic (exact) mass is 421 g/mol. The van der Waals surface area contributed by atoms with E-state index in [0.717, 1.165) is 36.5 Å². The molecule has 0 saturated heterocycles. The highest BCUT2D eigenvalue weighted by molar-refractivity contribution is 7.91. The number of alkyl halides is 3. The molecule has 0 fully saturated rings. The van der Waals surface area contributed by atoms with Gasteiger partial charge in [-0.25, -0.2) is 17.8 Å². The summed E-state index contributed by atoms with van der Waals surface area (Å²) in [6, 6.07) is 4.85. The zero-order valence-corrected chi connectivity index (χ0v) is 15.1. The molecular weight excluding hydrogens is 406 g/mol. The highest BCUT2D eigenvalue weighted by atomic mass is 32.2. The van der Waals surface area contributed by atoms with Crippen molar-refractivity contribution in [1.29, 1.82) is 0 Å². The summed E-state index contributed by atoms with van der Waals surface area (Å²) in [5.74, 6) is -1.77. The number of carbonyl (C=O) groups excluding carboxylic acids is 1. The summed E-state index contributed by atoms with van der Waals surface area (Å²) in [5.41, 5.74) is 1.51. The quantitative estimate of drug-likeness (QED) is 0.499. The van der Waals surface area contributed by atoms with Crippen LogP contribution in [0.2, 0.25) is 0 Å². The van der Waals surface area contributed by atoms with Crippen LogP contribution < -0.4 is 11.1 Å². The van der Waals surface area contributed by atoms with E-state index in [0.29, 0.717) is 6.92 Å². The maximum Gasteiger partial charge on any atom is 0.418 e. The van der Waals surface area contributed by atoms with Gasteiger partial charge in [0.2, 0.25) is 9.84 Å². The van der Waals surface area contributed by atoms with Gasteiger partial charge in [0.05, 0.1) is 22.0 Å². The molecule has 2 rings (SSSR count). The zero-order chi connectivity index (χ0) is 21.3. The fraction of sp³-hybridized carbons (Fsp3) is 0.250. The van der Waals surface area contributed by atoms with Crippen molar-refractivity contribution in [2.24, 2.45) is 0 Å². The number of nitrogens with one attached hydrogen (secondary N) is 1. The Labute approximate surface area is 157 Å². The number of sulfone groups is 1. The number of hydrogen-bond acceptors (Lipinski definition) is 6. The Kier molecular flexibility index (Phi) is 5.67. The molecule has 12 heteroatoms. The second-order valence-corrected chi connectivity index (χ2v) is 7.97. The summed E-state index contributed by atoms with van der Waals surface area (Å²) in [7, 11) is -4.11. The number of rotatable bonds is 5. The van der Waals surface area contributed by atoms with Crippen LogP contribution in [0.5, 0.6) is 0 Å². The number of aromatic nitrogens is 1.